The van der Waals surface area contributed by atoms with Crippen LogP contribution in [0.5, 0.6) is 0 Å². The lowest BCUT2D eigenvalue weighted by Gasteiger charge is -2.15. The van der Waals surface area contributed by atoms with Crippen molar-refractivity contribution in [2.75, 3.05) is 18.0 Å². The van der Waals surface area contributed by atoms with Gasteiger partial charge in [0, 0.05) is 44.6 Å². The number of hydrogen-bond acceptors (Lipinski definition) is 3. The Labute approximate surface area is 135 Å². The lowest BCUT2D eigenvalue weighted by atomic mass is 10.2. The fourth-order valence-electron chi connectivity index (χ4n) is 2.78. The van der Waals surface area contributed by atoms with Crippen molar-refractivity contribution in [3.63, 3.8) is 0 Å². The lowest BCUT2D eigenvalue weighted by Crippen LogP contribution is -2.27. The van der Waals surface area contributed by atoms with Gasteiger partial charge in [-0.15, -0.1) is 0 Å². The molecule has 1 N–H and O–H groups in total. The van der Waals surface area contributed by atoms with E-state index in [2.05, 4.69) is 4.72 Å². The fraction of sp³-hybridized carbons (Fsp3) is 0.312. The van der Waals surface area contributed by atoms with Gasteiger partial charge in [0.2, 0.25) is 15.9 Å². The van der Waals surface area contributed by atoms with Crippen molar-refractivity contribution in [2.24, 2.45) is 0 Å². The van der Waals surface area contributed by atoms with Gasteiger partial charge in [0.15, 0.2) is 0 Å². The number of rotatable bonds is 5. The molecule has 2 heterocycles. The molecule has 0 saturated heterocycles. The number of fused-ring (bicyclic) bond motifs is 1. The van der Waals surface area contributed by atoms with Crippen LogP contribution in [0, 0.1) is 0 Å². The first-order valence-corrected chi connectivity index (χ1v) is 8.97. The van der Waals surface area contributed by atoms with Gasteiger partial charge in [0.1, 0.15) is 0 Å². The number of aromatic nitrogens is 1. The first-order chi connectivity index (χ1) is 11.0. The van der Waals surface area contributed by atoms with Crippen molar-refractivity contribution < 1.29 is 13.2 Å². The highest BCUT2D eigenvalue weighted by atomic mass is 32.2. The zero-order chi connectivity index (χ0) is 16.4. The first-order valence-electron chi connectivity index (χ1n) is 7.49. The summed E-state index contributed by atoms with van der Waals surface area (Å²) in [5.41, 5.74) is 1.71. The van der Waals surface area contributed by atoms with Crippen molar-refractivity contribution in [3.8, 4) is 0 Å². The van der Waals surface area contributed by atoms with E-state index in [1.807, 2.05) is 29.1 Å². The van der Waals surface area contributed by atoms with Crippen LogP contribution < -0.4 is 9.62 Å². The van der Waals surface area contributed by atoms with Gasteiger partial charge < -0.3 is 9.47 Å². The maximum Gasteiger partial charge on any atom is 0.240 e. The maximum absolute atomic E-state index is 12.4. The van der Waals surface area contributed by atoms with Crippen LogP contribution in [0.2, 0.25) is 0 Å². The van der Waals surface area contributed by atoms with E-state index >= 15 is 0 Å². The van der Waals surface area contributed by atoms with Gasteiger partial charge in [-0.3, -0.25) is 4.79 Å². The Morgan fingerprint density at radius 2 is 2.00 bits per heavy atom. The van der Waals surface area contributed by atoms with Crippen LogP contribution in [0.15, 0.2) is 47.6 Å². The average molecular weight is 333 g/mol. The molecule has 0 spiro atoms. The van der Waals surface area contributed by atoms with Gasteiger partial charge >= 0.3 is 0 Å². The monoisotopic (exact) mass is 333 g/mol. The molecule has 0 saturated carbocycles. The summed E-state index contributed by atoms with van der Waals surface area (Å²) in [6, 6.07) is 8.73. The van der Waals surface area contributed by atoms with Crippen LogP contribution in [0.4, 0.5) is 5.69 Å². The molecule has 2 aromatic rings. The molecule has 122 valence electrons. The number of amides is 1. The molecule has 0 aliphatic carbocycles. The zero-order valence-corrected chi connectivity index (χ0v) is 13.7. The summed E-state index contributed by atoms with van der Waals surface area (Å²) in [7, 11) is -3.54. The number of hydrogen-bond donors (Lipinski definition) is 1. The summed E-state index contributed by atoms with van der Waals surface area (Å²) in [5.74, 6) is -0.0239. The lowest BCUT2D eigenvalue weighted by molar-refractivity contribution is -0.116. The summed E-state index contributed by atoms with van der Waals surface area (Å²) in [5, 5.41) is 0. The summed E-state index contributed by atoms with van der Waals surface area (Å²) in [6.45, 7) is 3.03. The molecule has 0 unspecified atom stereocenters. The smallest absolute Gasteiger partial charge is 0.240 e. The van der Waals surface area contributed by atoms with Crippen LogP contribution in [0.1, 0.15) is 12.5 Å². The van der Waals surface area contributed by atoms with Crippen LogP contribution in [0.25, 0.3) is 0 Å². The number of carbonyl (C=O) groups is 1. The topological polar surface area (TPSA) is 71.4 Å². The number of sulfonamides is 1. The van der Waals surface area contributed by atoms with Crippen LogP contribution >= 0.6 is 0 Å². The highest BCUT2D eigenvalue weighted by Gasteiger charge is 2.24. The summed E-state index contributed by atoms with van der Waals surface area (Å²) >= 11 is 0. The second kappa shape index (κ2) is 6.17. The normalized spacial score (nSPS) is 14.0. The fourth-order valence-corrected chi connectivity index (χ4v) is 3.86. The highest BCUT2D eigenvalue weighted by Crippen LogP contribution is 2.30. The summed E-state index contributed by atoms with van der Waals surface area (Å²) < 4.78 is 29.3. The minimum absolute atomic E-state index is 0.0239. The van der Waals surface area contributed by atoms with Gasteiger partial charge in [-0.05, 0) is 42.3 Å². The first kappa shape index (κ1) is 15.8. The molecular formula is C16H19N3O3S. The van der Waals surface area contributed by atoms with Crippen LogP contribution in [-0.2, 0) is 27.8 Å². The van der Waals surface area contributed by atoms with Crippen LogP contribution in [-0.4, -0.2) is 32.0 Å². The van der Waals surface area contributed by atoms with Gasteiger partial charge in [-0.25, -0.2) is 13.1 Å². The number of nitrogens with zero attached hydrogens (tertiary/aromatic N) is 2. The molecule has 7 heteroatoms. The molecule has 3 rings (SSSR count). The van der Waals surface area contributed by atoms with Gasteiger partial charge in [-0.1, -0.05) is 0 Å². The van der Waals surface area contributed by atoms with Crippen LogP contribution in [0.3, 0.4) is 0 Å². The number of nitrogens with one attached hydrogen (secondary N) is 1. The second-order valence-corrected chi connectivity index (χ2v) is 7.30. The molecule has 1 amide bonds. The predicted molar refractivity (Wildman–Crippen MR) is 87.8 cm³/mol. The molecule has 6 nitrogen and oxygen atoms in total. The average Bonchev–Trinajstić information content (AvgIpc) is 3.15. The van der Waals surface area contributed by atoms with Crippen molar-refractivity contribution >= 4 is 21.6 Å². The standard InChI is InChI=1S/C16H19N3O3S/c1-13(20)19-10-6-14-12-15(4-5-16(14)19)23(21,22)17-7-11-18-8-2-3-9-18/h2-5,8-9,12,17H,6-7,10-11H2,1H3. The quantitative estimate of drug-likeness (QED) is 0.898. The third-order valence-corrected chi connectivity index (χ3v) is 5.42. The number of benzene rings is 1. The summed E-state index contributed by atoms with van der Waals surface area (Å²) in [6.07, 6.45) is 4.46. The largest absolute Gasteiger partial charge is 0.353 e. The third-order valence-electron chi connectivity index (χ3n) is 3.97. The van der Waals surface area contributed by atoms with E-state index in [9.17, 15) is 13.2 Å². The summed E-state index contributed by atoms with van der Waals surface area (Å²) in [4.78, 5) is 13.5. The minimum Gasteiger partial charge on any atom is -0.353 e. The Kier molecular flexibility index (Phi) is 4.23. The Bertz CT molecular complexity index is 813. The number of anilines is 1. The SMILES string of the molecule is CC(=O)N1CCc2cc(S(=O)(=O)NCCn3cccc3)ccc21. The predicted octanol–water partition coefficient (Wildman–Crippen LogP) is 1.38. The Morgan fingerprint density at radius 3 is 2.70 bits per heavy atom. The van der Waals surface area contributed by atoms with E-state index in [1.165, 1.54) is 6.92 Å². The molecule has 1 aliphatic heterocycles. The van der Waals surface area contributed by atoms with Crippen molar-refractivity contribution in [1.29, 1.82) is 0 Å². The van der Waals surface area contributed by atoms with Gasteiger partial charge in [-0.2, -0.15) is 0 Å². The third kappa shape index (κ3) is 3.30. The molecule has 0 fully saturated rings. The molecule has 0 atom stereocenters. The molecule has 1 aromatic carbocycles. The molecule has 23 heavy (non-hydrogen) atoms. The van der Waals surface area contributed by atoms with E-state index in [-0.39, 0.29) is 10.8 Å². The van der Waals surface area contributed by atoms with E-state index in [0.717, 1.165) is 11.3 Å². The Balaban J connectivity index is 1.72. The van der Waals surface area contributed by atoms with E-state index in [1.54, 1.807) is 23.1 Å². The van der Waals surface area contributed by atoms with Gasteiger partial charge in [0.05, 0.1) is 4.90 Å². The number of carbonyl (C=O) groups excluding carboxylic acids is 1. The van der Waals surface area contributed by atoms with Crippen molar-refractivity contribution in [2.45, 2.75) is 24.8 Å². The molecule has 0 radical (unpaired) electrons. The van der Waals surface area contributed by atoms with E-state index < -0.39 is 10.0 Å². The highest BCUT2D eigenvalue weighted by molar-refractivity contribution is 7.89. The second-order valence-electron chi connectivity index (χ2n) is 5.53. The van der Waals surface area contributed by atoms with Crippen molar-refractivity contribution in [3.05, 3.63) is 48.3 Å². The molecular weight excluding hydrogens is 314 g/mol. The molecule has 0 bridgehead atoms. The van der Waals surface area contributed by atoms with Crippen molar-refractivity contribution in [1.82, 2.24) is 9.29 Å². The van der Waals surface area contributed by atoms with E-state index in [4.69, 9.17) is 0 Å². The van der Waals surface area contributed by atoms with Gasteiger partial charge in [0.25, 0.3) is 0 Å². The molecule has 1 aromatic heterocycles. The van der Waals surface area contributed by atoms with E-state index in [0.29, 0.717) is 26.1 Å². The molecule has 1 aliphatic rings. The minimum atomic E-state index is -3.54. The zero-order valence-electron chi connectivity index (χ0n) is 12.9. The Morgan fingerprint density at radius 1 is 1.26 bits per heavy atom. The Hall–Kier alpha value is -2.12. The maximum atomic E-state index is 12.4.